The first-order chi connectivity index (χ1) is 7.41. The quantitative estimate of drug-likeness (QED) is 0.609. The van der Waals surface area contributed by atoms with E-state index in [2.05, 4.69) is 0 Å². The summed E-state index contributed by atoms with van der Waals surface area (Å²) in [5.41, 5.74) is 10.8. The number of hydrogen-bond donors (Lipinski definition) is 2. The van der Waals surface area contributed by atoms with E-state index in [4.69, 9.17) is 23.1 Å². The van der Waals surface area contributed by atoms with Gasteiger partial charge >= 0.3 is 0 Å². The summed E-state index contributed by atoms with van der Waals surface area (Å²) in [4.78, 5) is 20.7. The molecule has 1 atom stereocenters. The molecule has 1 rings (SSSR count). The van der Waals surface area contributed by atoms with E-state index in [1.54, 1.807) is 0 Å². The topological polar surface area (TPSA) is 112 Å². The first kappa shape index (κ1) is 12.4. The minimum absolute atomic E-state index is 0.0278. The Kier molecular flexibility index (Phi) is 3.81. The van der Waals surface area contributed by atoms with Crippen LogP contribution in [-0.4, -0.2) is 10.8 Å². The lowest BCUT2D eigenvalue weighted by Gasteiger charge is -2.09. The number of carbonyl (C=O) groups excluding carboxylic acids is 1. The molecule has 1 amide bonds. The Morgan fingerprint density at radius 1 is 1.56 bits per heavy atom. The van der Waals surface area contributed by atoms with Gasteiger partial charge in [-0.05, 0) is 11.6 Å². The van der Waals surface area contributed by atoms with Gasteiger partial charge in [0.05, 0.1) is 4.92 Å². The van der Waals surface area contributed by atoms with Gasteiger partial charge in [0.25, 0.3) is 5.69 Å². The predicted molar refractivity (Wildman–Crippen MR) is 58.8 cm³/mol. The summed E-state index contributed by atoms with van der Waals surface area (Å²) in [7, 11) is 0. The smallest absolute Gasteiger partial charge is 0.288 e. The molecule has 4 N–H and O–H groups in total. The molecule has 0 heterocycles. The Labute approximate surface area is 96.3 Å². The molecule has 1 aromatic carbocycles. The SMILES string of the molecule is NC(=O)CC(N)c1ccc(Cl)c([N+](=O)[O-])c1. The summed E-state index contributed by atoms with van der Waals surface area (Å²) >= 11 is 5.63. The molecule has 0 saturated heterocycles. The molecule has 1 unspecified atom stereocenters. The fraction of sp³-hybridized carbons (Fsp3) is 0.222. The number of benzene rings is 1. The molecule has 86 valence electrons. The molecule has 0 saturated carbocycles. The molecular formula is C9H10ClN3O3. The number of nitro groups is 1. The molecule has 16 heavy (non-hydrogen) atoms. The minimum atomic E-state index is -0.659. The molecule has 0 bridgehead atoms. The van der Waals surface area contributed by atoms with Gasteiger partial charge in [0.1, 0.15) is 5.02 Å². The Morgan fingerprint density at radius 2 is 2.19 bits per heavy atom. The highest BCUT2D eigenvalue weighted by atomic mass is 35.5. The molecule has 7 heteroatoms. The third-order valence-corrected chi connectivity index (χ3v) is 2.34. The van der Waals surface area contributed by atoms with Gasteiger partial charge in [0, 0.05) is 18.5 Å². The Morgan fingerprint density at radius 3 is 2.69 bits per heavy atom. The van der Waals surface area contributed by atoms with E-state index in [0.29, 0.717) is 5.56 Å². The Balaban J connectivity index is 3.02. The van der Waals surface area contributed by atoms with Crippen LogP contribution in [0.15, 0.2) is 18.2 Å². The fourth-order valence-electron chi connectivity index (χ4n) is 1.23. The van der Waals surface area contributed by atoms with Crippen molar-refractivity contribution in [2.45, 2.75) is 12.5 Å². The van der Waals surface area contributed by atoms with Crippen LogP contribution in [0.3, 0.4) is 0 Å². The molecule has 0 aliphatic carbocycles. The molecular weight excluding hydrogens is 234 g/mol. The van der Waals surface area contributed by atoms with E-state index in [1.165, 1.54) is 18.2 Å². The molecule has 0 fully saturated rings. The first-order valence-electron chi connectivity index (χ1n) is 4.39. The molecule has 0 aliphatic heterocycles. The van der Waals surface area contributed by atoms with Gasteiger partial charge in [-0.3, -0.25) is 14.9 Å². The average molecular weight is 244 g/mol. The van der Waals surface area contributed by atoms with Crippen molar-refractivity contribution in [2.75, 3.05) is 0 Å². The van der Waals surface area contributed by atoms with E-state index < -0.39 is 16.9 Å². The first-order valence-corrected chi connectivity index (χ1v) is 4.77. The molecule has 6 nitrogen and oxygen atoms in total. The number of nitro benzene ring substituents is 1. The van der Waals surface area contributed by atoms with Gasteiger partial charge in [0.2, 0.25) is 5.91 Å². The average Bonchev–Trinajstić information content (AvgIpc) is 2.16. The number of rotatable bonds is 4. The number of nitrogens with zero attached hydrogens (tertiary/aromatic N) is 1. The largest absolute Gasteiger partial charge is 0.370 e. The van der Waals surface area contributed by atoms with E-state index >= 15 is 0 Å². The third kappa shape index (κ3) is 2.91. The van der Waals surface area contributed by atoms with E-state index in [0.717, 1.165) is 0 Å². The van der Waals surface area contributed by atoms with Gasteiger partial charge in [-0.2, -0.15) is 0 Å². The van der Waals surface area contributed by atoms with Crippen LogP contribution >= 0.6 is 11.6 Å². The predicted octanol–water partition coefficient (Wildman–Crippen LogP) is 1.12. The molecule has 0 aliphatic rings. The van der Waals surface area contributed by atoms with Crippen molar-refractivity contribution >= 4 is 23.2 Å². The van der Waals surface area contributed by atoms with Crippen molar-refractivity contribution in [2.24, 2.45) is 11.5 Å². The van der Waals surface area contributed by atoms with Crippen LogP contribution in [-0.2, 0) is 4.79 Å². The second-order valence-corrected chi connectivity index (χ2v) is 3.65. The van der Waals surface area contributed by atoms with Crippen LogP contribution in [0.1, 0.15) is 18.0 Å². The second-order valence-electron chi connectivity index (χ2n) is 3.24. The lowest BCUT2D eigenvalue weighted by molar-refractivity contribution is -0.384. The molecule has 1 aromatic rings. The highest BCUT2D eigenvalue weighted by molar-refractivity contribution is 6.32. The summed E-state index contributed by atoms with van der Waals surface area (Å²) in [6.45, 7) is 0. The normalized spacial score (nSPS) is 12.1. The standard InChI is InChI=1S/C9H10ClN3O3/c10-6-2-1-5(3-8(6)13(15)16)7(11)4-9(12)14/h1-3,7H,4,11H2,(H2,12,14). The van der Waals surface area contributed by atoms with Crippen molar-refractivity contribution in [3.8, 4) is 0 Å². The van der Waals surface area contributed by atoms with E-state index in [9.17, 15) is 14.9 Å². The van der Waals surface area contributed by atoms with Crippen molar-refractivity contribution in [3.05, 3.63) is 38.9 Å². The minimum Gasteiger partial charge on any atom is -0.370 e. The van der Waals surface area contributed by atoms with Crippen molar-refractivity contribution in [3.63, 3.8) is 0 Å². The van der Waals surface area contributed by atoms with Crippen molar-refractivity contribution in [1.82, 2.24) is 0 Å². The Hall–Kier alpha value is -1.66. The number of hydrogen-bond acceptors (Lipinski definition) is 4. The second kappa shape index (κ2) is 4.91. The number of halogens is 1. The lowest BCUT2D eigenvalue weighted by atomic mass is 10.0. The zero-order valence-electron chi connectivity index (χ0n) is 8.22. The van der Waals surface area contributed by atoms with Crippen LogP contribution in [0.4, 0.5) is 5.69 Å². The van der Waals surface area contributed by atoms with Crippen molar-refractivity contribution in [1.29, 1.82) is 0 Å². The summed E-state index contributed by atoms with van der Waals surface area (Å²) < 4.78 is 0. The molecule has 0 radical (unpaired) electrons. The fourth-order valence-corrected chi connectivity index (χ4v) is 1.42. The summed E-state index contributed by atoms with van der Waals surface area (Å²) in [5, 5.41) is 10.6. The lowest BCUT2D eigenvalue weighted by Crippen LogP contribution is -2.20. The van der Waals surface area contributed by atoms with Crippen LogP contribution in [0, 0.1) is 10.1 Å². The third-order valence-electron chi connectivity index (χ3n) is 2.02. The van der Waals surface area contributed by atoms with Gasteiger partial charge in [-0.1, -0.05) is 17.7 Å². The summed E-state index contributed by atoms with van der Waals surface area (Å²) in [6, 6.07) is 3.49. The number of amides is 1. The molecule has 0 aromatic heterocycles. The highest BCUT2D eigenvalue weighted by Gasteiger charge is 2.16. The van der Waals surface area contributed by atoms with Gasteiger partial charge in [-0.25, -0.2) is 0 Å². The summed E-state index contributed by atoms with van der Waals surface area (Å²) in [6.07, 6.45) is -0.0706. The maximum Gasteiger partial charge on any atom is 0.288 e. The number of primary amides is 1. The van der Waals surface area contributed by atoms with Crippen LogP contribution in [0.2, 0.25) is 5.02 Å². The van der Waals surface area contributed by atoms with E-state index in [-0.39, 0.29) is 17.1 Å². The summed E-state index contributed by atoms with van der Waals surface area (Å²) in [5.74, 6) is -0.565. The zero-order chi connectivity index (χ0) is 12.3. The van der Waals surface area contributed by atoms with Crippen LogP contribution in [0.5, 0.6) is 0 Å². The number of nitrogens with two attached hydrogens (primary N) is 2. The van der Waals surface area contributed by atoms with Crippen LogP contribution < -0.4 is 11.5 Å². The monoisotopic (exact) mass is 243 g/mol. The highest BCUT2D eigenvalue weighted by Crippen LogP contribution is 2.27. The maximum atomic E-state index is 10.7. The zero-order valence-corrected chi connectivity index (χ0v) is 8.98. The number of carbonyl (C=O) groups is 1. The van der Waals surface area contributed by atoms with Crippen molar-refractivity contribution < 1.29 is 9.72 Å². The van der Waals surface area contributed by atoms with Crippen LogP contribution in [0.25, 0.3) is 0 Å². The molecule has 0 spiro atoms. The van der Waals surface area contributed by atoms with Gasteiger partial charge < -0.3 is 11.5 Å². The van der Waals surface area contributed by atoms with E-state index in [1.807, 2.05) is 0 Å². The van der Waals surface area contributed by atoms with Gasteiger partial charge in [-0.15, -0.1) is 0 Å². The maximum absolute atomic E-state index is 10.7. The Bertz CT molecular complexity index is 436. The van der Waals surface area contributed by atoms with Gasteiger partial charge in [0.15, 0.2) is 0 Å².